The van der Waals surface area contributed by atoms with Crippen LogP contribution in [-0.2, 0) is 0 Å². The monoisotopic (exact) mass is 181 g/mol. The summed E-state index contributed by atoms with van der Waals surface area (Å²) in [5.41, 5.74) is 0. The summed E-state index contributed by atoms with van der Waals surface area (Å²) in [4.78, 5) is 0. The summed E-state index contributed by atoms with van der Waals surface area (Å²) < 4.78 is 49.0. The molecule has 0 spiro atoms. The predicted octanol–water partition coefficient (Wildman–Crippen LogP) is 1.54. The summed E-state index contributed by atoms with van der Waals surface area (Å²) in [6, 6.07) is 1.25. The van der Waals surface area contributed by atoms with Gasteiger partial charge in [0.25, 0.3) is 0 Å². The molecule has 1 rings (SSSR count). The smallest absolute Gasteiger partial charge is 0.170 e. The second-order valence-electron chi connectivity index (χ2n) is 1.79. The third kappa shape index (κ3) is 1.36. The molecule has 1 aromatic rings. The van der Waals surface area contributed by atoms with Crippen molar-refractivity contribution in [2.75, 3.05) is 0 Å². The molecule has 0 amide bonds. The molecule has 0 aliphatic heterocycles. The van der Waals surface area contributed by atoms with Gasteiger partial charge in [0.05, 0.1) is 6.07 Å². The fourth-order valence-electron chi connectivity index (χ4n) is 0.539. The van der Waals surface area contributed by atoms with Gasteiger partial charge in [0.2, 0.25) is 0 Å². The van der Waals surface area contributed by atoms with E-state index in [-0.39, 0.29) is 0 Å². The lowest BCUT2D eigenvalue weighted by Crippen LogP contribution is -2.10. The lowest BCUT2D eigenvalue weighted by atomic mass is 10.3. The van der Waals surface area contributed by atoms with E-state index in [0.29, 0.717) is 0 Å². The van der Waals surface area contributed by atoms with Crippen molar-refractivity contribution < 1.29 is 17.6 Å². The zero-order valence-electron chi connectivity index (χ0n) is 5.09. The van der Waals surface area contributed by atoms with Gasteiger partial charge in [0.15, 0.2) is 23.3 Å². The average molecular weight is 181 g/mol. The van der Waals surface area contributed by atoms with Gasteiger partial charge >= 0.3 is 0 Å². The van der Waals surface area contributed by atoms with E-state index < -0.39 is 28.6 Å². The molecule has 0 saturated carbocycles. The van der Waals surface area contributed by atoms with Crippen molar-refractivity contribution in [1.29, 1.82) is 0 Å². The Hall–Kier alpha value is -0.630. The van der Waals surface area contributed by atoms with Crippen LogP contribution in [0.5, 0.6) is 0 Å². The molecule has 0 aliphatic rings. The molecule has 1 unspecified atom stereocenters. The molecule has 5 heteroatoms. The highest BCUT2D eigenvalue weighted by Crippen LogP contribution is 2.11. The molecular formula is C6H2F4P. The molecule has 0 aliphatic carbocycles. The minimum atomic E-state index is -1.52. The minimum Gasteiger partial charge on any atom is -0.203 e. The Morgan fingerprint density at radius 1 is 0.909 bits per heavy atom. The van der Waals surface area contributed by atoms with Gasteiger partial charge in [-0.2, -0.15) is 0 Å². The van der Waals surface area contributed by atoms with Crippen LogP contribution in [0.1, 0.15) is 0 Å². The second kappa shape index (κ2) is 2.78. The van der Waals surface area contributed by atoms with E-state index in [9.17, 15) is 17.6 Å². The summed E-state index contributed by atoms with van der Waals surface area (Å²) in [5.74, 6) is -5.91. The maximum atomic E-state index is 12.3. The third-order valence-electron chi connectivity index (χ3n) is 1.08. The molecule has 0 nitrogen and oxygen atoms in total. The highest BCUT2D eigenvalue weighted by molar-refractivity contribution is 7.27. The molecule has 0 aromatic heterocycles. The summed E-state index contributed by atoms with van der Waals surface area (Å²) in [5, 5.41) is -0.751. The van der Waals surface area contributed by atoms with Crippen LogP contribution in [0.3, 0.4) is 0 Å². The molecule has 59 valence electrons. The Balaban J connectivity index is 3.46. The molecule has 0 fully saturated rings. The van der Waals surface area contributed by atoms with E-state index in [4.69, 9.17) is 0 Å². The second-order valence-corrected chi connectivity index (χ2v) is 2.37. The van der Waals surface area contributed by atoms with Gasteiger partial charge in [0, 0.05) is 5.30 Å². The quantitative estimate of drug-likeness (QED) is 0.323. The maximum absolute atomic E-state index is 12.3. The van der Waals surface area contributed by atoms with Crippen LogP contribution in [0.25, 0.3) is 0 Å². The van der Waals surface area contributed by atoms with Crippen LogP contribution in [0.2, 0.25) is 0 Å². The first kappa shape index (κ1) is 8.47. The number of halogens is 4. The highest BCUT2D eigenvalue weighted by Gasteiger charge is 2.15. The van der Waals surface area contributed by atoms with Crippen molar-refractivity contribution in [3.05, 3.63) is 29.3 Å². The van der Waals surface area contributed by atoms with E-state index in [1.165, 1.54) is 6.07 Å². The van der Waals surface area contributed by atoms with Gasteiger partial charge in [-0.3, -0.25) is 0 Å². The number of benzene rings is 1. The van der Waals surface area contributed by atoms with Crippen molar-refractivity contribution in [3.63, 3.8) is 0 Å². The molecule has 0 N–H and O–H groups in total. The van der Waals surface area contributed by atoms with E-state index in [0.717, 1.165) is 0 Å². The molecule has 1 aromatic carbocycles. The van der Waals surface area contributed by atoms with Crippen molar-refractivity contribution in [3.8, 4) is 0 Å². The lowest BCUT2D eigenvalue weighted by molar-refractivity contribution is 0.461. The molecule has 0 bridgehead atoms. The van der Waals surface area contributed by atoms with Crippen molar-refractivity contribution >= 4 is 14.5 Å². The predicted molar refractivity (Wildman–Crippen MR) is 34.5 cm³/mol. The average Bonchev–Trinajstić information content (AvgIpc) is 1.97. The lowest BCUT2D eigenvalue weighted by Gasteiger charge is -1.98. The number of rotatable bonds is 0. The fourth-order valence-corrected chi connectivity index (χ4v) is 0.792. The van der Waals surface area contributed by atoms with Gasteiger partial charge in [0.1, 0.15) is 0 Å². The van der Waals surface area contributed by atoms with E-state index in [1.54, 1.807) is 9.24 Å². The summed E-state index contributed by atoms with van der Waals surface area (Å²) in [6.07, 6.45) is 0. The summed E-state index contributed by atoms with van der Waals surface area (Å²) in [7, 11) is 1.56. The standard InChI is InChI=1S/C6H2F4P/c7-2-1-3(8)5(10)6(11)4(2)9/h11H2. The normalized spacial score (nSPS) is 10.3. The zero-order valence-corrected chi connectivity index (χ0v) is 6.24. The maximum Gasteiger partial charge on any atom is 0.170 e. The van der Waals surface area contributed by atoms with Gasteiger partial charge < -0.3 is 0 Å². The Kier molecular flexibility index (Phi) is 2.14. The van der Waals surface area contributed by atoms with Crippen LogP contribution in [0.15, 0.2) is 0 Å². The molecule has 0 saturated heterocycles. The van der Waals surface area contributed by atoms with Gasteiger partial charge in [-0.15, -0.1) is 0 Å². The highest BCUT2D eigenvalue weighted by atomic mass is 31.0. The first-order chi connectivity index (χ1) is 5.04. The van der Waals surface area contributed by atoms with Crippen molar-refractivity contribution in [1.82, 2.24) is 0 Å². The fraction of sp³-hybridized carbons (Fsp3) is 0. The summed E-state index contributed by atoms with van der Waals surface area (Å²) >= 11 is 0. The number of hydrogen-bond acceptors (Lipinski definition) is 0. The van der Waals surface area contributed by atoms with Crippen LogP contribution in [0, 0.1) is 29.3 Å². The molecule has 1 radical (unpaired) electrons. The van der Waals surface area contributed by atoms with E-state index in [1.807, 2.05) is 0 Å². The van der Waals surface area contributed by atoms with Crippen LogP contribution in [-0.4, -0.2) is 0 Å². The molecule has 11 heavy (non-hydrogen) atoms. The first-order valence-corrected chi connectivity index (χ1v) is 3.12. The Bertz CT molecular complexity index is 271. The van der Waals surface area contributed by atoms with E-state index >= 15 is 0 Å². The van der Waals surface area contributed by atoms with Gasteiger partial charge in [-0.1, -0.05) is 9.24 Å². The molecular weight excluding hydrogens is 179 g/mol. The van der Waals surface area contributed by atoms with Crippen LogP contribution >= 0.6 is 9.24 Å². The Labute approximate surface area is 62.4 Å². The van der Waals surface area contributed by atoms with Crippen molar-refractivity contribution in [2.24, 2.45) is 0 Å². The van der Waals surface area contributed by atoms with Gasteiger partial charge in [-0.25, -0.2) is 17.6 Å². The zero-order chi connectivity index (χ0) is 8.59. The molecule has 1 atom stereocenters. The topological polar surface area (TPSA) is 0 Å². The third-order valence-corrected chi connectivity index (χ3v) is 1.58. The van der Waals surface area contributed by atoms with Crippen molar-refractivity contribution in [2.45, 2.75) is 0 Å². The minimum absolute atomic E-state index is 0.751. The summed E-state index contributed by atoms with van der Waals surface area (Å²) in [6.45, 7) is 0. The Morgan fingerprint density at radius 2 is 1.27 bits per heavy atom. The van der Waals surface area contributed by atoms with Gasteiger partial charge in [-0.05, 0) is 0 Å². The number of hydrogen-bond donors (Lipinski definition) is 0. The van der Waals surface area contributed by atoms with Crippen LogP contribution < -0.4 is 5.30 Å². The molecule has 0 heterocycles. The SMILES string of the molecule is Fc1[c]c(F)c(F)c(P)c1F. The van der Waals surface area contributed by atoms with Crippen LogP contribution in [0.4, 0.5) is 17.6 Å². The first-order valence-electron chi connectivity index (χ1n) is 2.54. The largest absolute Gasteiger partial charge is 0.203 e. The Morgan fingerprint density at radius 3 is 1.64 bits per heavy atom. The van der Waals surface area contributed by atoms with E-state index in [2.05, 4.69) is 0 Å².